The Kier molecular flexibility index (Phi) is 4.63. The van der Waals surface area contributed by atoms with Crippen LogP contribution in [-0.4, -0.2) is 18.6 Å². The van der Waals surface area contributed by atoms with E-state index in [1.54, 1.807) is 26.0 Å². The highest BCUT2D eigenvalue weighted by Gasteiger charge is 2.04. The Labute approximate surface area is 89.1 Å². The summed E-state index contributed by atoms with van der Waals surface area (Å²) in [5.74, 6) is 0.329. The molecular weight excluding hydrogens is 194 g/mol. The van der Waals surface area contributed by atoms with E-state index < -0.39 is 0 Å². The van der Waals surface area contributed by atoms with Crippen molar-refractivity contribution in [2.45, 2.75) is 20.0 Å². The van der Waals surface area contributed by atoms with Crippen molar-refractivity contribution in [2.75, 3.05) is 6.54 Å². The summed E-state index contributed by atoms with van der Waals surface area (Å²) in [5, 5.41) is 0. The molecule has 1 aromatic rings. The van der Waals surface area contributed by atoms with E-state index in [4.69, 9.17) is 9.57 Å². The fraction of sp³-hybridized carbons (Fsp3) is 0.364. The Bertz CT molecular complexity index is 298. The summed E-state index contributed by atoms with van der Waals surface area (Å²) < 4.78 is 4.91. The quantitative estimate of drug-likeness (QED) is 0.590. The lowest BCUT2D eigenvalue weighted by Gasteiger charge is -2.09. The molecule has 15 heavy (non-hydrogen) atoms. The molecule has 0 aliphatic heterocycles. The minimum absolute atomic E-state index is 0.0348. The lowest BCUT2D eigenvalue weighted by molar-refractivity contribution is -0.147. The predicted molar refractivity (Wildman–Crippen MR) is 56.3 cm³/mol. The molecule has 0 aliphatic carbocycles. The molecule has 0 aliphatic rings. The zero-order valence-corrected chi connectivity index (χ0v) is 8.90. The minimum atomic E-state index is -0.332. The van der Waals surface area contributed by atoms with Gasteiger partial charge in [0.25, 0.3) is 0 Å². The number of carbonyl (C=O) groups excluding carboxylic acids is 1. The molecule has 1 rings (SSSR count). The average Bonchev–Trinajstić information content (AvgIpc) is 2.18. The summed E-state index contributed by atoms with van der Waals surface area (Å²) in [6.07, 6.45) is -0.101. The molecule has 0 aromatic heterocycles. The minimum Gasteiger partial charge on any atom is -0.462 e. The van der Waals surface area contributed by atoms with Crippen LogP contribution in [-0.2, 0) is 9.53 Å². The Hall–Kier alpha value is -1.55. The molecule has 0 atom stereocenters. The molecule has 82 valence electrons. The summed E-state index contributed by atoms with van der Waals surface area (Å²) in [6, 6.07) is 9.17. The van der Waals surface area contributed by atoms with Crippen molar-refractivity contribution in [2.24, 2.45) is 0 Å². The molecule has 4 nitrogen and oxygen atoms in total. The summed E-state index contributed by atoms with van der Waals surface area (Å²) in [4.78, 5) is 16.2. The van der Waals surface area contributed by atoms with Crippen molar-refractivity contribution < 1.29 is 14.4 Å². The summed E-state index contributed by atoms with van der Waals surface area (Å²) >= 11 is 0. The number of hydrogen-bond donors (Lipinski definition) is 1. The molecule has 0 unspecified atom stereocenters. The van der Waals surface area contributed by atoms with Gasteiger partial charge in [-0.2, -0.15) is 0 Å². The van der Waals surface area contributed by atoms with Crippen LogP contribution in [0.1, 0.15) is 13.8 Å². The first-order valence-corrected chi connectivity index (χ1v) is 4.82. The molecule has 1 N–H and O–H groups in total. The van der Waals surface area contributed by atoms with Crippen molar-refractivity contribution in [3.63, 3.8) is 0 Å². The van der Waals surface area contributed by atoms with Gasteiger partial charge in [0.05, 0.1) is 6.10 Å². The SMILES string of the molecule is CC(C)OC(=O)CNOc1ccccc1. The first-order valence-electron chi connectivity index (χ1n) is 4.82. The Morgan fingerprint density at radius 3 is 2.60 bits per heavy atom. The van der Waals surface area contributed by atoms with E-state index >= 15 is 0 Å². The van der Waals surface area contributed by atoms with Crippen LogP contribution in [0.25, 0.3) is 0 Å². The van der Waals surface area contributed by atoms with Crippen molar-refractivity contribution >= 4 is 5.97 Å². The maximum Gasteiger partial charge on any atom is 0.323 e. The second-order valence-corrected chi connectivity index (χ2v) is 3.27. The first kappa shape index (κ1) is 11.5. The van der Waals surface area contributed by atoms with Gasteiger partial charge in [0, 0.05) is 0 Å². The molecule has 0 saturated heterocycles. The van der Waals surface area contributed by atoms with Gasteiger partial charge in [-0.1, -0.05) is 18.2 Å². The lowest BCUT2D eigenvalue weighted by atomic mass is 10.3. The van der Waals surface area contributed by atoms with Gasteiger partial charge in [-0.15, -0.1) is 5.48 Å². The molecule has 0 heterocycles. The number of rotatable bonds is 5. The van der Waals surface area contributed by atoms with Crippen LogP contribution >= 0.6 is 0 Å². The number of hydroxylamine groups is 1. The second-order valence-electron chi connectivity index (χ2n) is 3.27. The molecular formula is C11H15NO3. The summed E-state index contributed by atoms with van der Waals surface area (Å²) in [5.41, 5.74) is 2.53. The van der Waals surface area contributed by atoms with Gasteiger partial charge in [0.2, 0.25) is 0 Å². The Morgan fingerprint density at radius 2 is 2.00 bits per heavy atom. The van der Waals surface area contributed by atoms with E-state index in [1.165, 1.54) is 0 Å². The van der Waals surface area contributed by atoms with E-state index in [0.717, 1.165) is 0 Å². The number of carbonyl (C=O) groups is 1. The Morgan fingerprint density at radius 1 is 1.33 bits per heavy atom. The second kappa shape index (κ2) is 6.03. The summed E-state index contributed by atoms with van der Waals surface area (Å²) in [6.45, 7) is 3.64. The van der Waals surface area contributed by atoms with Crippen molar-refractivity contribution in [3.8, 4) is 5.75 Å². The smallest absolute Gasteiger partial charge is 0.323 e. The maximum atomic E-state index is 11.1. The molecule has 4 heteroatoms. The van der Waals surface area contributed by atoms with E-state index in [2.05, 4.69) is 5.48 Å². The first-order chi connectivity index (χ1) is 7.18. The Balaban J connectivity index is 2.19. The number of hydrogen-bond acceptors (Lipinski definition) is 4. The number of para-hydroxylation sites is 1. The van der Waals surface area contributed by atoms with Gasteiger partial charge in [0.15, 0.2) is 0 Å². The lowest BCUT2D eigenvalue weighted by Crippen LogP contribution is -2.29. The van der Waals surface area contributed by atoms with E-state index in [9.17, 15) is 4.79 Å². The molecule has 0 saturated carbocycles. The third kappa shape index (κ3) is 5.02. The number of benzene rings is 1. The highest BCUT2D eigenvalue weighted by Crippen LogP contribution is 2.05. The molecule has 1 aromatic carbocycles. The standard InChI is InChI=1S/C11H15NO3/c1-9(2)14-11(13)8-12-15-10-6-4-3-5-7-10/h3-7,9,12H,8H2,1-2H3. The molecule has 0 bridgehead atoms. The number of ether oxygens (including phenoxy) is 1. The van der Waals surface area contributed by atoms with Gasteiger partial charge in [-0.25, -0.2) is 0 Å². The van der Waals surface area contributed by atoms with E-state index in [1.807, 2.05) is 18.2 Å². The van der Waals surface area contributed by atoms with Gasteiger partial charge < -0.3 is 9.57 Å². The van der Waals surface area contributed by atoms with Crippen LogP contribution < -0.4 is 10.3 Å². The van der Waals surface area contributed by atoms with E-state index in [-0.39, 0.29) is 18.6 Å². The zero-order chi connectivity index (χ0) is 11.1. The molecule has 0 spiro atoms. The van der Waals surface area contributed by atoms with Gasteiger partial charge in [-0.05, 0) is 26.0 Å². The third-order valence-corrected chi connectivity index (χ3v) is 1.52. The number of nitrogens with one attached hydrogen (secondary N) is 1. The normalized spacial score (nSPS) is 10.1. The molecule has 0 fully saturated rings. The van der Waals surface area contributed by atoms with Gasteiger partial charge in [0.1, 0.15) is 12.3 Å². The largest absolute Gasteiger partial charge is 0.462 e. The van der Waals surface area contributed by atoms with Gasteiger partial charge in [-0.3, -0.25) is 4.79 Å². The van der Waals surface area contributed by atoms with Crippen molar-refractivity contribution in [1.29, 1.82) is 0 Å². The van der Waals surface area contributed by atoms with Crippen molar-refractivity contribution in [1.82, 2.24) is 5.48 Å². The van der Waals surface area contributed by atoms with Crippen LogP contribution in [0, 0.1) is 0 Å². The fourth-order valence-corrected chi connectivity index (χ4v) is 0.971. The topological polar surface area (TPSA) is 47.6 Å². The van der Waals surface area contributed by atoms with Crippen LogP contribution in [0.4, 0.5) is 0 Å². The zero-order valence-electron chi connectivity index (χ0n) is 8.90. The van der Waals surface area contributed by atoms with E-state index in [0.29, 0.717) is 5.75 Å². The highest BCUT2D eigenvalue weighted by molar-refractivity contribution is 5.71. The third-order valence-electron chi connectivity index (χ3n) is 1.52. The fourth-order valence-electron chi connectivity index (χ4n) is 0.971. The van der Waals surface area contributed by atoms with Crippen LogP contribution in [0.5, 0.6) is 5.75 Å². The predicted octanol–water partition coefficient (Wildman–Crippen LogP) is 1.52. The average molecular weight is 209 g/mol. The maximum absolute atomic E-state index is 11.1. The van der Waals surface area contributed by atoms with Gasteiger partial charge >= 0.3 is 5.97 Å². The monoisotopic (exact) mass is 209 g/mol. The molecule has 0 radical (unpaired) electrons. The molecule has 0 amide bonds. The highest BCUT2D eigenvalue weighted by atomic mass is 16.7. The van der Waals surface area contributed by atoms with Crippen LogP contribution in [0.3, 0.4) is 0 Å². The summed E-state index contributed by atoms with van der Waals surface area (Å²) in [7, 11) is 0. The van der Waals surface area contributed by atoms with Crippen LogP contribution in [0.2, 0.25) is 0 Å². The van der Waals surface area contributed by atoms with Crippen molar-refractivity contribution in [3.05, 3.63) is 30.3 Å². The number of esters is 1. The van der Waals surface area contributed by atoms with Crippen LogP contribution in [0.15, 0.2) is 30.3 Å².